The first-order chi connectivity index (χ1) is 8.36. The van der Waals surface area contributed by atoms with Gasteiger partial charge in [-0.3, -0.25) is 9.69 Å². The van der Waals surface area contributed by atoms with E-state index in [0.717, 1.165) is 19.3 Å². The molecule has 1 rings (SSSR count). The predicted molar refractivity (Wildman–Crippen MR) is 55.4 cm³/mol. The van der Waals surface area contributed by atoms with Gasteiger partial charge in [0.2, 0.25) is 12.0 Å². The number of nitrogens with two attached hydrogens (primary N) is 1. The molecule has 8 heteroatoms. The lowest BCUT2D eigenvalue weighted by atomic mass is 10.1. The third-order valence-corrected chi connectivity index (χ3v) is 2.65. The fourth-order valence-electron chi connectivity index (χ4n) is 1.77. The van der Waals surface area contributed by atoms with Gasteiger partial charge in [-0.25, -0.2) is 4.79 Å². The molecule has 0 saturated carbocycles. The molecule has 0 aromatic rings. The van der Waals surface area contributed by atoms with Crippen LogP contribution < -0.4 is 5.73 Å². The van der Waals surface area contributed by atoms with Crippen LogP contribution in [0.4, 0.5) is 13.2 Å². The molecule has 0 aromatic heterocycles. The molecule has 0 radical (unpaired) electrons. The lowest BCUT2D eigenvalue weighted by Crippen LogP contribution is -2.50. The van der Waals surface area contributed by atoms with Crippen molar-refractivity contribution in [1.82, 2.24) is 4.90 Å². The third-order valence-electron chi connectivity index (χ3n) is 2.65. The number of likely N-dealkylation sites (tertiary alicyclic amines) is 1. The van der Waals surface area contributed by atoms with E-state index >= 15 is 0 Å². The Balaban J connectivity index is 2.72. The Morgan fingerprint density at radius 3 is 2.22 bits per heavy atom. The molecule has 5 nitrogen and oxygen atoms in total. The summed E-state index contributed by atoms with van der Waals surface area (Å²) in [5, 5.41) is 0. The Morgan fingerprint density at radius 2 is 1.78 bits per heavy atom. The minimum absolute atomic E-state index is 0.418. The molecule has 1 aliphatic rings. The van der Waals surface area contributed by atoms with Crippen LogP contribution in [0.5, 0.6) is 0 Å². The molecule has 1 unspecified atom stereocenters. The van der Waals surface area contributed by atoms with Gasteiger partial charge in [-0.05, 0) is 12.8 Å². The van der Waals surface area contributed by atoms with Gasteiger partial charge in [-0.15, -0.1) is 0 Å². The number of rotatable bonds is 4. The molecule has 0 aromatic carbocycles. The molecular formula is C10H15F3N2O3. The Morgan fingerprint density at radius 1 is 1.22 bits per heavy atom. The first kappa shape index (κ1) is 14.9. The van der Waals surface area contributed by atoms with E-state index in [9.17, 15) is 22.8 Å². The maximum absolute atomic E-state index is 12.1. The van der Waals surface area contributed by atoms with E-state index in [-0.39, 0.29) is 0 Å². The van der Waals surface area contributed by atoms with Crippen molar-refractivity contribution in [3.8, 4) is 0 Å². The minimum Gasteiger partial charge on any atom is -0.432 e. The van der Waals surface area contributed by atoms with Gasteiger partial charge in [0, 0.05) is 13.1 Å². The van der Waals surface area contributed by atoms with Gasteiger partial charge in [-0.1, -0.05) is 6.42 Å². The van der Waals surface area contributed by atoms with E-state index in [1.54, 1.807) is 0 Å². The number of nitrogens with zero attached hydrogens (tertiary/aromatic N) is 1. The van der Waals surface area contributed by atoms with Gasteiger partial charge >= 0.3 is 12.1 Å². The third kappa shape index (κ3) is 3.95. The number of hydrogen-bond donors (Lipinski definition) is 1. The molecule has 0 spiro atoms. The quantitative estimate of drug-likeness (QED) is 0.749. The molecule has 1 atom stereocenters. The van der Waals surface area contributed by atoms with Crippen LogP contribution in [0.15, 0.2) is 0 Å². The Labute approximate surface area is 102 Å². The van der Waals surface area contributed by atoms with Crippen molar-refractivity contribution in [1.29, 1.82) is 0 Å². The van der Waals surface area contributed by atoms with Crippen molar-refractivity contribution in [3.05, 3.63) is 0 Å². The second-order valence-electron chi connectivity index (χ2n) is 4.02. The minimum atomic E-state index is -5.11. The molecule has 0 amide bonds. The average Bonchev–Trinajstić information content (AvgIpc) is 2.34. The maximum atomic E-state index is 12.1. The monoisotopic (exact) mass is 268 g/mol. The molecule has 1 saturated heterocycles. The predicted octanol–water partition coefficient (Wildman–Crippen LogP) is 0.432. The van der Waals surface area contributed by atoms with E-state index in [2.05, 4.69) is 4.74 Å². The van der Waals surface area contributed by atoms with Gasteiger partial charge < -0.3 is 10.5 Å². The lowest BCUT2D eigenvalue weighted by Gasteiger charge is -2.32. The Hall–Kier alpha value is -1.15. The Bertz CT molecular complexity index is 314. The largest absolute Gasteiger partial charge is 0.490 e. The zero-order chi connectivity index (χ0) is 13.8. The molecule has 1 fully saturated rings. The number of ether oxygens (including phenoxy) is 1. The van der Waals surface area contributed by atoms with Gasteiger partial charge in [0.1, 0.15) is 0 Å². The highest BCUT2D eigenvalue weighted by molar-refractivity contribution is 5.87. The maximum Gasteiger partial charge on any atom is 0.490 e. The van der Waals surface area contributed by atoms with Crippen molar-refractivity contribution in [2.24, 2.45) is 5.73 Å². The molecule has 2 N–H and O–H groups in total. The molecule has 0 bridgehead atoms. The van der Waals surface area contributed by atoms with Gasteiger partial charge in [0.05, 0.1) is 6.54 Å². The molecular weight excluding hydrogens is 253 g/mol. The van der Waals surface area contributed by atoms with Crippen LogP contribution >= 0.6 is 0 Å². The highest BCUT2D eigenvalue weighted by atomic mass is 19.4. The standard InChI is InChI=1S/C10H15F3N2O3/c11-10(12,13)9(17)18-8(7(16)6-14)15-4-2-1-3-5-15/h8H,1-6,14H2. The SMILES string of the molecule is NCC(=O)C(OC(=O)C(F)(F)F)N1CCCCC1. The van der Waals surface area contributed by atoms with Crippen LogP contribution in [-0.4, -0.2) is 48.7 Å². The fraction of sp³-hybridized carbons (Fsp3) is 0.800. The van der Waals surface area contributed by atoms with Crippen LogP contribution in [0.2, 0.25) is 0 Å². The number of ketones is 1. The zero-order valence-electron chi connectivity index (χ0n) is 9.70. The van der Waals surface area contributed by atoms with E-state index in [0.29, 0.717) is 13.1 Å². The summed E-state index contributed by atoms with van der Waals surface area (Å²) in [4.78, 5) is 23.7. The normalized spacial score (nSPS) is 19.3. The van der Waals surface area contributed by atoms with Crippen LogP contribution in [0.3, 0.4) is 0 Å². The number of hydrogen-bond acceptors (Lipinski definition) is 5. The van der Waals surface area contributed by atoms with Crippen molar-refractivity contribution in [2.45, 2.75) is 31.7 Å². The van der Waals surface area contributed by atoms with Crippen molar-refractivity contribution in [2.75, 3.05) is 19.6 Å². The van der Waals surface area contributed by atoms with Crippen molar-refractivity contribution < 1.29 is 27.5 Å². The van der Waals surface area contributed by atoms with E-state index in [1.807, 2.05) is 0 Å². The second-order valence-corrected chi connectivity index (χ2v) is 4.02. The van der Waals surface area contributed by atoms with Crippen LogP contribution in [-0.2, 0) is 14.3 Å². The fourth-order valence-corrected chi connectivity index (χ4v) is 1.77. The van der Waals surface area contributed by atoms with Gasteiger partial charge in [0.25, 0.3) is 0 Å². The summed E-state index contributed by atoms with van der Waals surface area (Å²) in [6.45, 7) is 0.370. The van der Waals surface area contributed by atoms with Crippen molar-refractivity contribution >= 4 is 11.8 Å². The van der Waals surface area contributed by atoms with Crippen LogP contribution in [0.25, 0.3) is 0 Å². The number of alkyl halides is 3. The number of esters is 1. The number of carbonyl (C=O) groups is 2. The summed E-state index contributed by atoms with van der Waals surface area (Å²) in [6.07, 6.45) is -4.20. The zero-order valence-corrected chi connectivity index (χ0v) is 9.70. The van der Waals surface area contributed by atoms with E-state index in [1.165, 1.54) is 4.90 Å². The topological polar surface area (TPSA) is 72.6 Å². The number of Topliss-reactive ketones (excluding diaryl/α,β-unsaturated/α-hetero) is 1. The van der Waals surface area contributed by atoms with Crippen LogP contribution in [0.1, 0.15) is 19.3 Å². The van der Waals surface area contributed by atoms with E-state index in [4.69, 9.17) is 5.73 Å². The Kier molecular flexibility index (Phi) is 5.09. The second kappa shape index (κ2) is 6.14. The summed E-state index contributed by atoms with van der Waals surface area (Å²) in [5.74, 6) is -3.09. The van der Waals surface area contributed by atoms with Crippen LogP contribution in [0, 0.1) is 0 Å². The highest BCUT2D eigenvalue weighted by Crippen LogP contribution is 2.20. The summed E-state index contributed by atoms with van der Waals surface area (Å²) >= 11 is 0. The first-order valence-electron chi connectivity index (χ1n) is 5.61. The highest BCUT2D eigenvalue weighted by Gasteiger charge is 2.44. The summed E-state index contributed by atoms with van der Waals surface area (Å²) in [6, 6.07) is 0. The van der Waals surface area contributed by atoms with Gasteiger partial charge in [0.15, 0.2) is 0 Å². The molecule has 18 heavy (non-hydrogen) atoms. The van der Waals surface area contributed by atoms with Gasteiger partial charge in [-0.2, -0.15) is 13.2 Å². The summed E-state index contributed by atoms with van der Waals surface area (Å²) < 4.78 is 40.6. The molecule has 0 aliphatic carbocycles. The average molecular weight is 268 g/mol. The smallest absolute Gasteiger partial charge is 0.432 e. The number of carbonyl (C=O) groups excluding carboxylic acids is 2. The summed E-state index contributed by atoms with van der Waals surface area (Å²) in [5.41, 5.74) is 5.12. The first-order valence-corrected chi connectivity index (χ1v) is 5.61. The molecule has 104 valence electrons. The number of piperidine rings is 1. The lowest BCUT2D eigenvalue weighted by molar-refractivity contribution is -0.213. The van der Waals surface area contributed by atoms with E-state index < -0.39 is 30.7 Å². The molecule has 1 heterocycles. The van der Waals surface area contributed by atoms with Crippen molar-refractivity contribution in [3.63, 3.8) is 0 Å². The number of halogens is 3. The summed E-state index contributed by atoms with van der Waals surface area (Å²) in [7, 11) is 0. The molecule has 1 aliphatic heterocycles.